The van der Waals surface area contributed by atoms with Gasteiger partial charge < -0.3 is 9.47 Å². The molecule has 0 saturated carbocycles. The van der Waals surface area contributed by atoms with Gasteiger partial charge in [-0.25, -0.2) is 4.79 Å². The molecule has 102 valence electrons. The first-order valence-corrected chi connectivity index (χ1v) is 8.38. The lowest BCUT2D eigenvalue weighted by molar-refractivity contribution is 0.0531. The molecule has 0 aliphatic carbocycles. The molecule has 0 bridgehead atoms. The first-order chi connectivity index (χ1) is 9.13. The van der Waals surface area contributed by atoms with Crippen molar-refractivity contribution in [2.45, 2.75) is 12.3 Å². The SMILES string of the molecule is CCOC(=O)c1sc2c(Br)ccc(OC)c2c1CBr. The molecule has 0 aliphatic rings. The molecule has 2 aromatic rings. The van der Waals surface area contributed by atoms with Gasteiger partial charge in [0, 0.05) is 15.2 Å². The van der Waals surface area contributed by atoms with Gasteiger partial charge in [0.2, 0.25) is 0 Å². The number of rotatable bonds is 4. The molecule has 0 radical (unpaired) electrons. The van der Waals surface area contributed by atoms with Gasteiger partial charge in [-0.2, -0.15) is 0 Å². The average Bonchev–Trinajstić information content (AvgIpc) is 2.80. The van der Waals surface area contributed by atoms with Crippen LogP contribution in [0.3, 0.4) is 0 Å². The monoisotopic (exact) mass is 406 g/mol. The number of fused-ring (bicyclic) bond motifs is 1. The number of esters is 1. The van der Waals surface area contributed by atoms with E-state index in [4.69, 9.17) is 9.47 Å². The molecule has 19 heavy (non-hydrogen) atoms. The number of carbonyl (C=O) groups excluding carboxylic acids is 1. The van der Waals surface area contributed by atoms with E-state index >= 15 is 0 Å². The lowest BCUT2D eigenvalue weighted by Crippen LogP contribution is -2.04. The van der Waals surface area contributed by atoms with Gasteiger partial charge in [-0.05, 0) is 40.5 Å². The average molecular weight is 408 g/mol. The second-order valence-corrected chi connectivity index (χ2v) is 6.15. The number of hydrogen-bond donors (Lipinski definition) is 0. The zero-order valence-corrected chi connectivity index (χ0v) is 14.4. The van der Waals surface area contributed by atoms with Crippen LogP contribution >= 0.6 is 43.2 Å². The van der Waals surface area contributed by atoms with Crippen molar-refractivity contribution in [3.05, 3.63) is 27.0 Å². The van der Waals surface area contributed by atoms with Crippen LogP contribution in [-0.4, -0.2) is 19.7 Å². The zero-order valence-electron chi connectivity index (χ0n) is 10.5. The summed E-state index contributed by atoms with van der Waals surface area (Å²) in [5, 5.41) is 1.54. The highest BCUT2D eigenvalue weighted by Crippen LogP contribution is 2.42. The van der Waals surface area contributed by atoms with Crippen LogP contribution in [0.1, 0.15) is 22.2 Å². The van der Waals surface area contributed by atoms with E-state index in [0.29, 0.717) is 16.8 Å². The number of thiophene rings is 1. The molecule has 0 saturated heterocycles. The van der Waals surface area contributed by atoms with Crippen LogP contribution in [0.2, 0.25) is 0 Å². The van der Waals surface area contributed by atoms with Gasteiger partial charge in [0.15, 0.2) is 0 Å². The van der Waals surface area contributed by atoms with Gasteiger partial charge in [0.05, 0.1) is 18.4 Å². The van der Waals surface area contributed by atoms with E-state index in [2.05, 4.69) is 31.9 Å². The predicted octanol–water partition coefficient (Wildman–Crippen LogP) is 4.74. The van der Waals surface area contributed by atoms with E-state index in [1.54, 1.807) is 14.0 Å². The van der Waals surface area contributed by atoms with E-state index in [1.165, 1.54) is 11.3 Å². The van der Waals surface area contributed by atoms with Crippen molar-refractivity contribution in [1.82, 2.24) is 0 Å². The Bertz CT molecular complexity index is 622. The summed E-state index contributed by atoms with van der Waals surface area (Å²) in [4.78, 5) is 12.6. The minimum atomic E-state index is -0.285. The summed E-state index contributed by atoms with van der Waals surface area (Å²) in [5.74, 6) is 0.478. The number of alkyl halides is 1. The number of carbonyl (C=O) groups is 1. The number of ether oxygens (including phenoxy) is 2. The van der Waals surface area contributed by atoms with Crippen molar-refractivity contribution < 1.29 is 14.3 Å². The highest BCUT2D eigenvalue weighted by atomic mass is 79.9. The minimum absolute atomic E-state index is 0.285. The molecule has 1 heterocycles. The third-order valence-corrected chi connectivity index (χ3v) is 5.40. The molecule has 0 unspecified atom stereocenters. The van der Waals surface area contributed by atoms with Crippen molar-refractivity contribution in [2.24, 2.45) is 0 Å². The predicted molar refractivity (Wildman–Crippen MR) is 84.7 cm³/mol. The molecule has 3 nitrogen and oxygen atoms in total. The lowest BCUT2D eigenvalue weighted by Gasteiger charge is -2.05. The second kappa shape index (κ2) is 6.24. The standard InChI is InChI=1S/C13H12Br2O3S/c1-3-18-13(16)11-7(6-14)10-9(17-2)5-4-8(15)12(10)19-11/h4-5H,3,6H2,1-2H3. The van der Waals surface area contributed by atoms with Crippen LogP contribution in [-0.2, 0) is 10.1 Å². The highest BCUT2D eigenvalue weighted by molar-refractivity contribution is 9.10. The zero-order chi connectivity index (χ0) is 14.0. The Morgan fingerprint density at radius 2 is 2.16 bits per heavy atom. The first-order valence-electron chi connectivity index (χ1n) is 5.65. The van der Waals surface area contributed by atoms with E-state index in [9.17, 15) is 4.79 Å². The van der Waals surface area contributed by atoms with Gasteiger partial charge in [-0.1, -0.05) is 15.9 Å². The summed E-state index contributed by atoms with van der Waals surface area (Å²) in [6, 6.07) is 3.81. The fourth-order valence-electron chi connectivity index (χ4n) is 1.86. The third-order valence-electron chi connectivity index (χ3n) is 2.67. The van der Waals surface area contributed by atoms with Crippen LogP contribution in [0, 0.1) is 0 Å². The minimum Gasteiger partial charge on any atom is -0.496 e. The first kappa shape index (κ1) is 14.8. The molecule has 1 aromatic carbocycles. The Kier molecular flexibility index (Phi) is 4.86. The Balaban J connectivity index is 2.73. The maximum absolute atomic E-state index is 12.0. The van der Waals surface area contributed by atoms with Crippen LogP contribution in [0.5, 0.6) is 5.75 Å². The largest absolute Gasteiger partial charge is 0.496 e. The number of benzene rings is 1. The Morgan fingerprint density at radius 3 is 2.74 bits per heavy atom. The topological polar surface area (TPSA) is 35.5 Å². The van der Waals surface area contributed by atoms with Gasteiger partial charge >= 0.3 is 5.97 Å². The van der Waals surface area contributed by atoms with E-state index in [0.717, 1.165) is 25.9 Å². The van der Waals surface area contributed by atoms with Crippen LogP contribution < -0.4 is 4.74 Å². The van der Waals surface area contributed by atoms with E-state index in [-0.39, 0.29) is 5.97 Å². The van der Waals surface area contributed by atoms with Crippen molar-refractivity contribution in [3.8, 4) is 5.75 Å². The molecular formula is C13H12Br2O3S. The Labute approximate surface area is 132 Å². The van der Waals surface area contributed by atoms with Gasteiger partial charge in [-0.15, -0.1) is 11.3 Å². The quantitative estimate of drug-likeness (QED) is 0.542. The Hall–Kier alpha value is -0.590. The third kappa shape index (κ3) is 2.66. The molecule has 0 fully saturated rings. The van der Waals surface area contributed by atoms with Crippen molar-refractivity contribution in [1.29, 1.82) is 0 Å². The van der Waals surface area contributed by atoms with E-state index < -0.39 is 0 Å². The number of halogens is 2. The molecular weight excluding hydrogens is 396 g/mol. The van der Waals surface area contributed by atoms with Crippen LogP contribution in [0.15, 0.2) is 16.6 Å². The second-order valence-electron chi connectivity index (χ2n) is 3.72. The molecule has 6 heteroatoms. The Morgan fingerprint density at radius 1 is 1.42 bits per heavy atom. The van der Waals surface area contributed by atoms with Crippen LogP contribution in [0.25, 0.3) is 10.1 Å². The maximum atomic E-state index is 12.0. The van der Waals surface area contributed by atoms with Crippen molar-refractivity contribution in [3.63, 3.8) is 0 Å². The van der Waals surface area contributed by atoms with Gasteiger partial charge in [-0.3, -0.25) is 0 Å². The smallest absolute Gasteiger partial charge is 0.348 e. The molecule has 1 aromatic heterocycles. The van der Waals surface area contributed by atoms with Crippen molar-refractivity contribution in [2.75, 3.05) is 13.7 Å². The molecule has 0 atom stereocenters. The lowest BCUT2D eigenvalue weighted by atomic mass is 10.1. The molecule has 0 aliphatic heterocycles. The summed E-state index contributed by atoms with van der Waals surface area (Å²) in [7, 11) is 1.63. The highest BCUT2D eigenvalue weighted by Gasteiger charge is 2.22. The summed E-state index contributed by atoms with van der Waals surface area (Å²) >= 11 is 8.38. The summed E-state index contributed by atoms with van der Waals surface area (Å²) in [5.41, 5.74) is 0.914. The maximum Gasteiger partial charge on any atom is 0.348 e. The fraction of sp³-hybridized carbons (Fsp3) is 0.308. The summed E-state index contributed by atoms with van der Waals surface area (Å²) in [6.07, 6.45) is 0. The fourth-order valence-corrected chi connectivity index (χ4v) is 4.32. The normalized spacial score (nSPS) is 10.7. The molecule has 0 N–H and O–H groups in total. The number of methoxy groups -OCH3 is 1. The summed E-state index contributed by atoms with van der Waals surface area (Å²) < 4.78 is 12.4. The van der Waals surface area contributed by atoms with E-state index in [1.807, 2.05) is 12.1 Å². The number of hydrogen-bond acceptors (Lipinski definition) is 4. The van der Waals surface area contributed by atoms with Crippen LogP contribution in [0.4, 0.5) is 0 Å². The summed E-state index contributed by atoms with van der Waals surface area (Å²) in [6.45, 7) is 2.17. The van der Waals surface area contributed by atoms with Gasteiger partial charge in [0.25, 0.3) is 0 Å². The van der Waals surface area contributed by atoms with Gasteiger partial charge in [0.1, 0.15) is 10.6 Å². The van der Waals surface area contributed by atoms with Crippen molar-refractivity contribution >= 4 is 59.3 Å². The molecule has 2 rings (SSSR count). The molecule has 0 amide bonds. The molecule has 0 spiro atoms.